The molecule has 2 aromatic rings. The van der Waals surface area contributed by atoms with Crippen LogP contribution in [0.4, 0.5) is 15.8 Å². The Kier molecular flexibility index (Phi) is 4.04. The minimum Gasteiger partial charge on any atom is -0.397 e. The molecule has 0 fully saturated rings. The third-order valence-electron chi connectivity index (χ3n) is 2.13. The minimum absolute atomic E-state index is 0.264. The molecule has 0 bridgehead atoms. The Balaban J connectivity index is 2.23. The molecule has 1 amide bonds. The molecule has 3 N–H and O–H groups in total. The number of rotatable bonds is 2. The SMILES string of the molecule is Nc1ccc(F)cc1NC(=O)c1cc(Br)c(Br)s1. The smallest absolute Gasteiger partial charge is 0.265 e. The van der Waals surface area contributed by atoms with E-state index in [-0.39, 0.29) is 11.6 Å². The van der Waals surface area contributed by atoms with Gasteiger partial charge in [-0.05, 0) is 56.1 Å². The molecular weight excluding hydrogens is 387 g/mol. The number of halogens is 3. The molecule has 0 radical (unpaired) electrons. The zero-order valence-corrected chi connectivity index (χ0v) is 12.8. The van der Waals surface area contributed by atoms with Gasteiger partial charge in [0, 0.05) is 4.47 Å². The van der Waals surface area contributed by atoms with Gasteiger partial charge in [0.15, 0.2) is 0 Å². The molecule has 0 unspecified atom stereocenters. The normalized spacial score (nSPS) is 10.4. The summed E-state index contributed by atoms with van der Waals surface area (Å²) in [6.45, 7) is 0. The predicted molar refractivity (Wildman–Crippen MR) is 78.5 cm³/mol. The predicted octanol–water partition coefficient (Wildman–Crippen LogP) is 4.25. The number of thiophene rings is 1. The number of nitrogens with one attached hydrogen (secondary N) is 1. The summed E-state index contributed by atoms with van der Waals surface area (Å²) >= 11 is 7.87. The van der Waals surface area contributed by atoms with Crippen LogP contribution in [0.2, 0.25) is 0 Å². The molecule has 0 aliphatic rings. The quantitative estimate of drug-likeness (QED) is 0.749. The molecule has 94 valence electrons. The number of amides is 1. The first-order chi connectivity index (χ1) is 8.47. The van der Waals surface area contributed by atoms with Crippen molar-refractivity contribution in [3.8, 4) is 0 Å². The average Bonchev–Trinajstić information content (AvgIpc) is 2.64. The van der Waals surface area contributed by atoms with Crippen LogP contribution in [0.3, 0.4) is 0 Å². The standard InChI is InChI=1S/C11H7Br2FN2OS/c12-6-4-9(18-10(6)13)11(17)16-8-3-5(14)1-2-7(8)15/h1-4H,15H2,(H,16,17). The molecule has 0 aliphatic carbocycles. The van der Waals surface area contributed by atoms with E-state index >= 15 is 0 Å². The van der Waals surface area contributed by atoms with E-state index in [1.165, 1.54) is 29.5 Å². The number of carbonyl (C=O) groups excluding carboxylic acids is 1. The Labute approximate surface area is 123 Å². The van der Waals surface area contributed by atoms with Gasteiger partial charge in [-0.3, -0.25) is 4.79 Å². The Morgan fingerprint density at radius 1 is 1.33 bits per heavy atom. The summed E-state index contributed by atoms with van der Waals surface area (Å²) in [5.74, 6) is -0.781. The van der Waals surface area contributed by atoms with Crippen molar-refractivity contribution in [2.45, 2.75) is 0 Å². The Morgan fingerprint density at radius 3 is 2.67 bits per heavy atom. The van der Waals surface area contributed by atoms with Crippen LogP contribution in [0.5, 0.6) is 0 Å². The molecule has 0 spiro atoms. The van der Waals surface area contributed by atoms with E-state index in [0.717, 1.165) is 8.26 Å². The first-order valence-corrected chi connectivity index (χ1v) is 7.19. The molecule has 7 heteroatoms. The largest absolute Gasteiger partial charge is 0.397 e. The fourth-order valence-electron chi connectivity index (χ4n) is 1.28. The molecule has 3 nitrogen and oxygen atoms in total. The molecule has 1 aromatic carbocycles. The lowest BCUT2D eigenvalue weighted by atomic mass is 10.2. The van der Waals surface area contributed by atoms with E-state index in [1.54, 1.807) is 6.07 Å². The van der Waals surface area contributed by atoms with E-state index in [1.807, 2.05) is 0 Å². The zero-order valence-electron chi connectivity index (χ0n) is 8.84. The summed E-state index contributed by atoms with van der Waals surface area (Å²) < 4.78 is 14.7. The Morgan fingerprint density at radius 2 is 2.06 bits per heavy atom. The lowest BCUT2D eigenvalue weighted by molar-refractivity contribution is 0.103. The van der Waals surface area contributed by atoms with Gasteiger partial charge in [0.05, 0.1) is 20.0 Å². The average molecular weight is 394 g/mol. The van der Waals surface area contributed by atoms with Gasteiger partial charge >= 0.3 is 0 Å². The lowest BCUT2D eigenvalue weighted by Crippen LogP contribution is -2.11. The summed E-state index contributed by atoms with van der Waals surface area (Å²) in [6, 6.07) is 5.51. The Hall–Kier alpha value is -0.920. The summed E-state index contributed by atoms with van der Waals surface area (Å²) in [5, 5.41) is 2.57. The van der Waals surface area contributed by atoms with E-state index < -0.39 is 5.82 Å². The van der Waals surface area contributed by atoms with Crippen LogP contribution in [-0.4, -0.2) is 5.91 Å². The molecule has 0 saturated carbocycles. The summed E-state index contributed by atoms with van der Waals surface area (Å²) in [5.41, 5.74) is 6.24. The third kappa shape index (κ3) is 2.90. The molecule has 1 heterocycles. The van der Waals surface area contributed by atoms with Gasteiger partial charge in [-0.15, -0.1) is 11.3 Å². The highest BCUT2D eigenvalue weighted by molar-refractivity contribution is 9.13. The molecule has 1 aromatic heterocycles. The van der Waals surface area contributed by atoms with Gasteiger partial charge in [0.2, 0.25) is 0 Å². The van der Waals surface area contributed by atoms with Crippen molar-refractivity contribution in [1.82, 2.24) is 0 Å². The highest BCUT2D eigenvalue weighted by Gasteiger charge is 2.13. The second-order valence-electron chi connectivity index (χ2n) is 3.42. The van der Waals surface area contributed by atoms with Crippen LogP contribution in [0.15, 0.2) is 32.5 Å². The monoisotopic (exact) mass is 392 g/mol. The third-order valence-corrected chi connectivity index (χ3v) is 5.39. The highest BCUT2D eigenvalue weighted by atomic mass is 79.9. The van der Waals surface area contributed by atoms with Gasteiger partial charge in [0.25, 0.3) is 5.91 Å². The number of benzene rings is 1. The molecule has 0 aliphatic heterocycles. The van der Waals surface area contributed by atoms with Crippen molar-refractivity contribution in [2.24, 2.45) is 0 Å². The summed E-state index contributed by atoms with van der Waals surface area (Å²) in [6.07, 6.45) is 0. The van der Waals surface area contributed by atoms with E-state index in [9.17, 15) is 9.18 Å². The fraction of sp³-hybridized carbons (Fsp3) is 0. The number of nitrogens with two attached hydrogens (primary N) is 1. The van der Waals surface area contributed by atoms with Crippen molar-refractivity contribution in [3.05, 3.63) is 43.2 Å². The van der Waals surface area contributed by atoms with Crippen LogP contribution in [0.1, 0.15) is 9.67 Å². The molecule has 18 heavy (non-hydrogen) atoms. The van der Waals surface area contributed by atoms with Gasteiger partial charge in [0.1, 0.15) is 5.82 Å². The van der Waals surface area contributed by atoms with Crippen molar-refractivity contribution in [3.63, 3.8) is 0 Å². The van der Waals surface area contributed by atoms with Crippen LogP contribution in [0.25, 0.3) is 0 Å². The lowest BCUT2D eigenvalue weighted by Gasteiger charge is -2.06. The molecule has 0 atom stereocenters. The topological polar surface area (TPSA) is 55.1 Å². The Bertz CT molecular complexity index is 596. The van der Waals surface area contributed by atoms with Crippen molar-refractivity contribution in [1.29, 1.82) is 0 Å². The minimum atomic E-state index is -0.451. The fourth-order valence-corrected chi connectivity index (χ4v) is 3.21. The number of carbonyl (C=O) groups is 1. The van der Waals surface area contributed by atoms with Crippen molar-refractivity contribution < 1.29 is 9.18 Å². The maximum atomic E-state index is 13.0. The number of anilines is 2. The first kappa shape index (κ1) is 13.5. The second kappa shape index (κ2) is 5.38. The van der Waals surface area contributed by atoms with Crippen LogP contribution in [0, 0.1) is 5.82 Å². The van der Waals surface area contributed by atoms with Gasteiger partial charge in [-0.2, -0.15) is 0 Å². The van der Waals surface area contributed by atoms with Crippen LogP contribution < -0.4 is 11.1 Å². The molecule has 2 rings (SSSR count). The first-order valence-electron chi connectivity index (χ1n) is 4.78. The number of nitrogen functional groups attached to an aromatic ring is 1. The molecule has 0 saturated heterocycles. The van der Waals surface area contributed by atoms with Gasteiger partial charge < -0.3 is 11.1 Å². The van der Waals surface area contributed by atoms with Crippen LogP contribution >= 0.6 is 43.2 Å². The van der Waals surface area contributed by atoms with E-state index in [2.05, 4.69) is 37.2 Å². The zero-order chi connectivity index (χ0) is 13.3. The summed E-state index contributed by atoms with van der Waals surface area (Å²) in [7, 11) is 0. The number of hydrogen-bond acceptors (Lipinski definition) is 3. The van der Waals surface area contributed by atoms with Gasteiger partial charge in [-0.25, -0.2) is 4.39 Å². The highest BCUT2D eigenvalue weighted by Crippen LogP contribution is 2.33. The van der Waals surface area contributed by atoms with Gasteiger partial charge in [-0.1, -0.05) is 0 Å². The maximum Gasteiger partial charge on any atom is 0.265 e. The van der Waals surface area contributed by atoms with E-state index in [4.69, 9.17) is 5.73 Å². The maximum absolute atomic E-state index is 13.0. The number of hydrogen-bond donors (Lipinski definition) is 2. The van der Waals surface area contributed by atoms with E-state index in [0.29, 0.717) is 10.6 Å². The van der Waals surface area contributed by atoms with Crippen molar-refractivity contribution >= 4 is 60.5 Å². The summed E-state index contributed by atoms with van der Waals surface area (Å²) in [4.78, 5) is 12.4. The second-order valence-corrected chi connectivity index (χ2v) is 6.64. The van der Waals surface area contributed by atoms with Crippen LogP contribution in [-0.2, 0) is 0 Å². The molecular formula is C11H7Br2FN2OS. The van der Waals surface area contributed by atoms with Crippen molar-refractivity contribution in [2.75, 3.05) is 11.1 Å².